The second-order valence-corrected chi connectivity index (χ2v) is 8.72. The van der Waals surface area contributed by atoms with Crippen LogP contribution in [-0.2, 0) is 4.79 Å². The zero-order valence-corrected chi connectivity index (χ0v) is 20.4. The fourth-order valence-corrected chi connectivity index (χ4v) is 4.37. The van der Waals surface area contributed by atoms with Gasteiger partial charge in [0.2, 0.25) is 11.9 Å². The number of nitrogens with zero attached hydrogens (tertiary/aromatic N) is 6. The fraction of sp³-hybridized carbons (Fsp3) is 0.231. The maximum absolute atomic E-state index is 15.1. The summed E-state index contributed by atoms with van der Waals surface area (Å²) in [4.78, 5) is 24.2. The predicted octanol–water partition coefficient (Wildman–Crippen LogP) is 3.05. The third kappa shape index (κ3) is 5.17. The van der Waals surface area contributed by atoms with Crippen LogP contribution in [0.15, 0.2) is 61.6 Å². The molecule has 10 nitrogen and oxygen atoms in total. The van der Waals surface area contributed by atoms with Gasteiger partial charge < -0.3 is 20.6 Å². The molecule has 1 aliphatic heterocycles. The Labute approximate surface area is 217 Å². The number of carbonyl (C=O) groups excluding carboxylic acids is 1. The van der Waals surface area contributed by atoms with Crippen molar-refractivity contribution in [2.24, 2.45) is 0 Å². The first-order chi connectivity index (χ1) is 18.5. The summed E-state index contributed by atoms with van der Waals surface area (Å²) in [6.45, 7) is 6.47. The van der Waals surface area contributed by atoms with Gasteiger partial charge in [-0.2, -0.15) is 10.1 Å². The minimum Gasteiger partial charge on any atom is -0.395 e. The zero-order valence-electron chi connectivity index (χ0n) is 20.4. The smallest absolute Gasteiger partial charge is 0.247 e. The lowest BCUT2D eigenvalue weighted by Crippen LogP contribution is -2.47. The van der Waals surface area contributed by atoms with Crippen LogP contribution in [0.3, 0.4) is 0 Å². The summed E-state index contributed by atoms with van der Waals surface area (Å²) < 4.78 is 31.6. The van der Waals surface area contributed by atoms with Crippen molar-refractivity contribution in [2.75, 3.05) is 54.9 Å². The average molecular weight is 521 g/mol. The Morgan fingerprint density at radius 2 is 1.95 bits per heavy atom. The number of halogens is 2. The van der Waals surface area contributed by atoms with Crippen molar-refractivity contribution >= 4 is 34.6 Å². The molecule has 1 amide bonds. The first-order valence-electron chi connectivity index (χ1n) is 12.0. The lowest BCUT2D eigenvalue weighted by Gasteiger charge is -2.36. The van der Waals surface area contributed by atoms with Crippen LogP contribution in [0.25, 0.3) is 16.8 Å². The predicted molar refractivity (Wildman–Crippen MR) is 140 cm³/mol. The van der Waals surface area contributed by atoms with Crippen molar-refractivity contribution in [1.82, 2.24) is 24.5 Å². The third-order valence-electron chi connectivity index (χ3n) is 6.33. The number of rotatable bonds is 8. The summed E-state index contributed by atoms with van der Waals surface area (Å²) in [6.07, 6.45) is 4.21. The van der Waals surface area contributed by atoms with E-state index < -0.39 is 11.6 Å². The van der Waals surface area contributed by atoms with E-state index in [9.17, 15) is 4.79 Å². The molecule has 2 aromatic carbocycles. The average Bonchev–Trinajstić information content (AvgIpc) is 3.36. The molecule has 1 fully saturated rings. The molecule has 3 heterocycles. The molecule has 38 heavy (non-hydrogen) atoms. The van der Waals surface area contributed by atoms with Crippen molar-refractivity contribution in [1.29, 1.82) is 0 Å². The highest BCUT2D eigenvalue weighted by atomic mass is 19.2. The van der Waals surface area contributed by atoms with Crippen LogP contribution in [0.5, 0.6) is 0 Å². The van der Waals surface area contributed by atoms with Gasteiger partial charge in [0.15, 0.2) is 17.3 Å². The van der Waals surface area contributed by atoms with E-state index in [1.807, 2.05) is 6.07 Å². The first kappa shape index (κ1) is 25.2. The van der Waals surface area contributed by atoms with Crippen molar-refractivity contribution in [2.45, 2.75) is 0 Å². The molecule has 4 aromatic rings. The third-order valence-corrected chi connectivity index (χ3v) is 6.33. The van der Waals surface area contributed by atoms with E-state index in [0.29, 0.717) is 49.6 Å². The van der Waals surface area contributed by atoms with Crippen molar-refractivity contribution in [3.63, 3.8) is 0 Å². The Balaban J connectivity index is 1.37. The van der Waals surface area contributed by atoms with Gasteiger partial charge in [-0.15, -0.1) is 0 Å². The first-order valence-corrected chi connectivity index (χ1v) is 12.0. The number of anilines is 4. The van der Waals surface area contributed by atoms with Crippen molar-refractivity contribution in [3.8, 4) is 11.1 Å². The van der Waals surface area contributed by atoms with E-state index in [1.54, 1.807) is 29.3 Å². The number of benzene rings is 2. The minimum absolute atomic E-state index is 0.0678. The minimum atomic E-state index is -1.02. The number of aliphatic hydroxyl groups is 1. The lowest BCUT2D eigenvalue weighted by molar-refractivity contribution is -0.111. The number of hydrogen-bond acceptors (Lipinski definition) is 8. The van der Waals surface area contributed by atoms with Gasteiger partial charge in [-0.3, -0.25) is 9.69 Å². The van der Waals surface area contributed by atoms with Gasteiger partial charge >= 0.3 is 0 Å². The molecule has 196 valence electrons. The van der Waals surface area contributed by atoms with E-state index >= 15 is 8.78 Å². The SMILES string of the molecule is C=CC(=O)Nc1cccc(-c2cnn3cnc(Nc4ccc(N5CCN(CCO)CC5)c(F)c4F)nc23)c1. The molecule has 0 radical (unpaired) electrons. The monoisotopic (exact) mass is 520 g/mol. The maximum Gasteiger partial charge on any atom is 0.247 e. The van der Waals surface area contributed by atoms with Crippen molar-refractivity contribution in [3.05, 3.63) is 73.2 Å². The standard InChI is InChI=1S/C26H26F2N8O2/c1-2-22(38)31-18-5-3-4-17(14-18)19-15-30-36-16-29-26(33-25(19)36)32-20-6-7-21(24(28)23(20)27)35-10-8-34(9-11-35)12-13-37/h2-7,14-16,37H,1,8-13H2,(H,31,38)(H,32,33). The molecular formula is C26H26F2N8O2. The second-order valence-electron chi connectivity index (χ2n) is 8.72. The normalized spacial score (nSPS) is 14.0. The van der Waals surface area contributed by atoms with Crippen LogP contribution in [-0.4, -0.2) is 74.8 Å². The van der Waals surface area contributed by atoms with Gasteiger partial charge in [0.25, 0.3) is 0 Å². The van der Waals surface area contributed by atoms with Gasteiger partial charge in [-0.05, 0) is 35.9 Å². The molecule has 2 aromatic heterocycles. The molecule has 0 atom stereocenters. The molecule has 0 saturated carbocycles. The lowest BCUT2D eigenvalue weighted by atomic mass is 10.1. The topological polar surface area (TPSA) is 111 Å². The van der Waals surface area contributed by atoms with Crippen LogP contribution >= 0.6 is 0 Å². The number of hydrogen-bond donors (Lipinski definition) is 3. The fourth-order valence-electron chi connectivity index (χ4n) is 4.37. The summed E-state index contributed by atoms with van der Waals surface area (Å²) in [5.41, 5.74) is 2.51. The molecule has 0 unspecified atom stereocenters. The molecule has 0 aliphatic carbocycles. The van der Waals surface area contributed by atoms with Gasteiger partial charge in [0.1, 0.15) is 6.33 Å². The number of aromatic nitrogens is 4. The number of carbonyl (C=O) groups is 1. The van der Waals surface area contributed by atoms with Crippen LogP contribution in [0, 0.1) is 11.6 Å². The molecule has 3 N–H and O–H groups in total. The summed E-state index contributed by atoms with van der Waals surface area (Å²) in [7, 11) is 0. The molecule has 1 aliphatic rings. The number of amides is 1. The van der Waals surface area contributed by atoms with Crippen LogP contribution < -0.4 is 15.5 Å². The largest absolute Gasteiger partial charge is 0.395 e. The number of nitrogens with one attached hydrogen (secondary N) is 2. The van der Waals surface area contributed by atoms with Crippen LogP contribution in [0.2, 0.25) is 0 Å². The number of β-amino-alcohol motifs (C(OH)–C–C–N with tert-alkyl or cyclic N) is 1. The number of aliphatic hydroxyl groups excluding tert-OH is 1. The molecule has 0 spiro atoms. The quantitative estimate of drug-likeness (QED) is 0.304. The highest BCUT2D eigenvalue weighted by Gasteiger charge is 2.23. The second kappa shape index (κ2) is 10.9. The highest BCUT2D eigenvalue weighted by Crippen LogP contribution is 2.30. The van der Waals surface area contributed by atoms with Gasteiger partial charge in [-0.1, -0.05) is 18.7 Å². The van der Waals surface area contributed by atoms with Gasteiger partial charge in [0, 0.05) is 44.0 Å². The highest BCUT2D eigenvalue weighted by molar-refractivity contribution is 5.99. The van der Waals surface area contributed by atoms with Gasteiger partial charge in [0.05, 0.1) is 24.2 Å². The molecule has 5 rings (SSSR count). The Bertz CT molecular complexity index is 1480. The Morgan fingerprint density at radius 3 is 2.71 bits per heavy atom. The van der Waals surface area contributed by atoms with E-state index in [-0.39, 0.29) is 29.8 Å². The molecule has 1 saturated heterocycles. The van der Waals surface area contributed by atoms with E-state index in [2.05, 4.69) is 37.2 Å². The maximum atomic E-state index is 15.1. The Morgan fingerprint density at radius 1 is 1.13 bits per heavy atom. The van der Waals surface area contributed by atoms with E-state index in [0.717, 1.165) is 5.56 Å². The summed E-state index contributed by atoms with van der Waals surface area (Å²) in [5.74, 6) is -2.24. The van der Waals surface area contributed by atoms with Crippen molar-refractivity contribution < 1.29 is 18.7 Å². The zero-order chi connectivity index (χ0) is 26.6. The molecule has 0 bridgehead atoms. The van der Waals surface area contributed by atoms with Crippen LogP contribution in [0.1, 0.15) is 0 Å². The van der Waals surface area contributed by atoms with E-state index in [1.165, 1.54) is 29.1 Å². The van der Waals surface area contributed by atoms with E-state index in [4.69, 9.17) is 5.11 Å². The van der Waals surface area contributed by atoms with Crippen LogP contribution in [0.4, 0.5) is 31.8 Å². The summed E-state index contributed by atoms with van der Waals surface area (Å²) in [5, 5.41) is 18.8. The Hall–Kier alpha value is -4.42. The summed E-state index contributed by atoms with van der Waals surface area (Å²) >= 11 is 0. The van der Waals surface area contributed by atoms with Gasteiger partial charge in [-0.25, -0.2) is 18.3 Å². The molecule has 12 heteroatoms. The number of fused-ring (bicyclic) bond motifs is 1. The number of piperazine rings is 1. The summed E-state index contributed by atoms with van der Waals surface area (Å²) in [6, 6.07) is 10.1. The Kier molecular flexibility index (Phi) is 7.24. The molecular weight excluding hydrogens is 494 g/mol.